The Morgan fingerprint density at radius 2 is 1.72 bits per heavy atom. The van der Waals surface area contributed by atoms with Crippen LogP contribution in [0.2, 0.25) is 0 Å². The smallest absolute Gasteiger partial charge is 0.254 e. The van der Waals surface area contributed by atoms with Crippen LogP contribution in [0, 0.1) is 12.8 Å². The molecular weight excluding hydrogens is 444 g/mol. The highest BCUT2D eigenvalue weighted by Crippen LogP contribution is 2.42. The molecule has 4 aromatic rings. The lowest BCUT2D eigenvalue weighted by molar-refractivity contribution is 0.0524. The van der Waals surface area contributed by atoms with Gasteiger partial charge < -0.3 is 9.64 Å². The van der Waals surface area contributed by atoms with E-state index in [4.69, 9.17) is 4.74 Å². The number of methoxy groups -OCH3 is 1. The first-order chi connectivity index (χ1) is 17.6. The fourth-order valence-electron chi connectivity index (χ4n) is 6.54. The summed E-state index contributed by atoms with van der Waals surface area (Å²) in [6.45, 7) is 2.08. The average molecular weight is 477 g/mol. The summed E-state index contributed by atoms with van der Waals surface area (Å²) in [5.41, 5.74) is 5.48. The average Bonchev–Trinajstić information content (AvgIpc) is 3.18. The van der Waals surface area contributed by atoms with Crippen molar-refractivity contribution in [3.05, 3.63) is 95.8 Å². The molecular formula is C32H32N2O2. The first-order valence-electron chi connectivity index (χ1n) is 13.0. The van der Waals surface area contributed by atoms with Crippen LogP contribution in [0.4, 0.5) is 0 Å². The van der Waals surface area contributed by atoms with Crippen LogP contribution in [0.15, 0.2) is 79.1 Å². The van der Waals surface area contributed by atoms with Crippen molar-refractivity contribution in [2.24, 2.45) is 5.92 Å². The number of piperidine rings is 1. The standard InChI is InChI=1S/C32H32N2O2/c1-21-29(24-9-13-28(36-2)14-10-24)7-4-8-30(21)32(35)34-26-11-12-27(34)19-22(18-26)17-25-6-3-5-23-15-16-33-20-31(23)25/h3-10,13-16,20,22,26-27H,11-12,17-19H2,1-2H3/t26-,27-/m0/s1. The van der Waals surface area contributed by atoms with Crippen LogP contribution in [0.5, 0.6) is 5.75 Å². The van der Waals surface area contributed by atoms with E-state index in [9.17, 15) is 4.79 Å². The molecule has 4 heteroatoms. The first kappa shape index (κ1) is 22.8. The van der Waals surface area contributed by atoms with Crippen molar-refractivity contribution in [2.75, 3.05) is 7.11 Å². The molecule has 2 aliphatic heterocycles. The fraction of sp³-hybridized carbons (Fsp3) is 0.312. The second-order valence-corrected chi connectivity index (χ2v) is 10.4. The highest BCUT2D eigenvalue weighted by Gasteiger charge is 2.43. The summed E-state index contributed by atoms with van der Waals surface area (Å²) in [5, 5.41) is 2.52. The summed E-state index contributed by atoms with van der Waals surface area (Å²) in [4.78, 5) is 20.5. The summed E-state index contributed by atoms with van der Waals surface area (Å²) in [7, 11) is 1.68. The molecule has 2 aliphatic rings. The lowest BCUT2D eigenvalue weighted by atomic mass is 9.84. The van der Waals surface area contributed by atoms with E-state index >= 15 is 0 Å². The van der Waals surface area contributed by atoms with Crippen LogP contribution >= 0.6 is 0 Å². The molecule has 0 unspecified atom stereocenters. The molecule has 3 aromatic carbocycles. The van der Waals surface area contributed by atoms with E-state index in [-0.39, 0.29) is 5.91 Å². The van der Waals surface area contributed by atoms with Gasteiger partial charge in [-0.2, -0.15) is 0 Å². The number of carbonyl (C=O) groups is 1. The van der Waals surface area contributed by atoms with E-state index in [0.29, 0.717) is 18.0 Å². The molecule has 1 amide bonds. The highest BCUT2D eigenvalue weighted by molar-refractivity contribution is 5.98. The number of hydrogen-bond donors (Lipinski definition) is 0. The van der Waals surface area contributed by atoms with Crippen LogP contribution < -0.4 is 4.74 Å². The van der Waals surface area contributed by atoms with Crippen molar-refractivity contribution in [1.82, 2.24) is 9.88 Å². The van der Waals surface area contributed by atoms with Gasteiger partial charge in [0.25, 0.3) is 5.91 Å². The second kappa shape index (κ2) is 9.42. The number of fused-ring (bicyclic) bond motifs is 3. The molecule has 1 aromatic heterocycles. The zero-order valence-corrected chi connectivity index (χ0v) is 21.0. The Morgan fingerprint density at radius 3 is 2.47 bits per heavy atom. The van der Waals surface area contributed by atoms with Gasteiger partial charge in [0, 0.05) is 35.4 Å². The third-order valence-corrected chi connectivity index (χ3v) is 8.31. The van der Waals surface area contributed by atoms with Crippen molar-refractivity contribution in [3.8, 4) is 16.9 Å². The number of amides is 1. The molecule has 2 atom stereocenters. The van der Waals surface area contributed by atoms with E-state index in [0.717, 1.165) is 60.1 Å². The molecule has 0 N–H and O–H groups in total. The van der Waals surface area contributed by atoms with Crippen molar-refractivity contribution in [2.45, 2.75) is 51.1 Å². The zero-order valence-electron chi connectivity index (χ0n) is 21.0. The minimum absolute atomic E-state index is 0.197. The normalized spacial score (nSPS) is 21.1. The maximum Gasteiger partial charge on any atom is 0.254 e. The van der Waals surface area contributed by atoms with Gasteiger partial charge in [0.05, 0.1) is 7.11 Å². The summed E-state index contributed by atoms with van der Waals surface area (Å²) in [6.07, 6.45) is 9.30. The Morgan fingerprint density at radius 1 is 0.972 bits per heavy atom. The van der Waals surface area contributed by atoms with Crippen LogP contribution in [-0.4, -0.2) is 35.0 Å². The molecule has 0 saturated carbocycles. The van der Waals surface area contributed by atoms with Crippen molar-refractivity contribution < 1.29 is 9.53 Å². The third kappa shape index (κ3) is 4.05. The van der Waals surface area contributed by atoms with Gasteiger partial charge in [0.2, 0.25) is 0 Å². The van der Waals surface area contributed by atoms with Gasteiger partial charge in [0.1, 0.15) is 5.75 Å². The molecule has 0 spiro atoms. The monoisotopic (exact) mass is 476 g/mol. The molecule has 0 aliphatic carbocycles. The Kier molecular flexibility index (Phi) is 5.96. The van der Waals surface area contributed by atoms with Crippen molar-refractivity contribution >= 4 is 16.7 Å². The van der Waals surface area contributed by atoms with Gasteiger partial charge in [-0.05, 0) is 96.9 Å². The second-order valence-electron chi connectivity index (χ2n) is 10.4. The van der Waals surface area contributed by atoms with Gasteiger partial charge >= 0.3 is 0 Å². The van der Waals surface area contributed by atoms with Crippen molar-refractivity contribution in [1.29, 1.82) is 0 Å². The number of benzene rings is 3. The van der Waals surface area contributed by atoms with Gasteiger partial charge in [0.15, 0.2) is 0 Å². The number of aromatic nitrogens is 1. The minimum atomic E-state index is 0.197. The SMILES string of the molecule is COc1ccc(-c2cccc(C(=O)N3[C@H]4CC[C@H]3CC(Cc3cccc5ccncc35)C4)c2C)cc1. The molecule has 4 nitrogen and oxygen atoms in total. The zero-order chi connectivity index (χ0) is 24.6. The molecule has 2 fully saturated rings. The van der Waals surface area contributed by atoms with Gasteiger partial charge in [-0.3, -0.25) is 9.78 Å². The van der Waals surface area contributed by atoms with E-state index < -0.39 is 0 Å². The van der Waals surface area contributed by atoms with Gasteiger partial charge in [-0.1, -0.05) is 42.5 Å². The third-order valence-electron chi connectivity index (χ3n) is 8.31. The van der Waals surface area contributed by atoms with Gasteiger partial charge in [-0.15, -0.1) is 0 Å². The molecule has 0 radical (unpaired) electrons. The summed E-state index contributed by atoms with van der Waals surface area (Å²) in [6, 6.07) is 23.5. The Hall–Kier alpha value is -3.66. The van der Waals surface area contributed by atoms with Crippen LogP contribution in [0.1, 0.15) is 47.2 Å². The molecule has 2 saturated heterocycles. The van der Waals surface area contributed by atoms with Crippen molar-refractivity contribution in [3.63, 3.8) is 0 Å². The fourth-order valence-corrected chi connectivity index (χ4v) is 6.54. The molecule has 2 bridgehead atoms. The molecule has 182 valence electrons. The number of pyridine rings is 1. The number of rotatable bonds is 5. The van der Waals surface area contributed by atoms with Gasteiger partial charge in [-0.25, -0.2) is 0 Å². The maximum atomic E-state index is 13.9. The van der Waals surface area contributed by atoms with E-state index in [1.165, 1.54) is 16.3 Å². The van der Waals surface area contributed by atoms with Crippen LogP contribution in [-0.2, 0) is 6.42 Å². The largest absolute Gasteiger partial charge is 0.497 e. The Bertz CT molecular complexity index is 1390. The Labute approximate surface area is 212 Å². The number of carbonyl (C=O) groups excluding carboxylic acids is 1. The molecule has 3 heterocycles. The molecule has 36 heavy (non-hydrogen) atoms. The minimum Gasteiger partial charge on any atom is -0.497 e. The highest BCUT2D eigenvalue weighted by atomic mass is 16.5. The lowest BCUT2D eigenvalue weighted by Crippen LogP contribution is -2.47. The predicted molar refractivity (Wildman–Crippen MR) is 144 cm³/mol. The van der Waals surface area contributed by atoms with E-state index in [1.54, 1.807) is 7.11 Å². The summed E-state index contributed by atoms with van der Waals surface area (Å²) in [5.74, 6) is 1.63. The van der Waals surface area contributed by atoms with Crippen LogP contribution in [0.25, 0.3) is 21.9 Å². The maximum absolute atomic E-state index is 13.9. The lowest BCUT2D eigenvalue weighted by Gasteiger charge is -2.39. The number of ether oxygens (including phenoxy) is 1. The first-order valence-corrected chi connectivity index (χ1v) is 13.0. The number of hydrogen-bond acceptors (Lipinski definition) is 3. The number of nitrogens with zero attached hydrogens (tertiary/aromatic N) is 2. The van der Waals surface area contributed by atoms with E-state index in [2.05, 4.69) is 59.3 Å². The quantitative estimate of drug-likeness (QED) is 0.316. The molecule has 6 rings (SSSR count). The van der Waals surface area contributed by atoms with E-state index in [1.807, 2.05) is 36.7 Å². The van der Waals surface area contributed by atoms with Crippen LogP contribution in [0.3, 0.4) is 0 Å². The summed E-state index contributed by atoms with van der Waals surface area (Å²) >= 11 is 0. The predicted octanol–water partition coefficient (Wildman–Crippen LogP) is 6.84. The topological polar surface area (TPSA) is 42.4 Å². The Balaban J connectivity index is 1.22. The summed E-state index contributed by atoms with van der Waals surface area (Å²) < 4.78 is 5.31.